The predicted octanol–water partition coefficient (Wildman–Crippen LogP) is 2.05. The Labute approximate surface area is 93.9 Å². The maximum absolute atomic E-state index is 10.5. The van der Waals surface area contributed by atoms with Gasteiger partial charge in [0.1, 0.15) is 12.0 Å². The highest BCUT2D eigenvalue weighted by molar-refractivity contribution is 5.75. The van der Waals surface area contributed by atoms with Gasteiger partial charge in [-0.25, -0.2) is 0 Å². The standard InChI is InChI=1S/C12H14O4/c1-9-7-10(8-13)4-5-11(9)16-6-2-3-12(14)15/h4-5,7-8H,2-3,6H2,1H3,(H,14,15). The molecule has 0 saturated carbocycles. The van der Waals surface area contributed by atoms with Gasteiger partial charge in [0.15, 0.2) is 0 Å². The highest BCUT2D eigenvalue weighted by Crippen LogP contribution is 2.18. The van der Waals surface area contributed by atoms with Gasteiger partial charge >= 0.3 is 5.97 Å². The van der Waals surface area contributed by atoms with Gasteiger partial charge < -0.3 is 9.84 Å². The summed E-state index contributed by atoms with van der Waals surface area (Å²) in [7, 11) is 0. The molecule has 0 bridgehead atoms. The van der Waals surface area contributed by atoms with Crippen LogP contribution in [-0.2, 0) is 4.79 Å². The van der Waals surface area contributed by atoms with E-state index in [1.54, 1.807) is 18.2 Å². The van der Waals surface area contributed by atoms with Crippen LogP contribution >= 0.6 is 0 Å². The Bertz CT molecular complexity index is 385. The molecule has 0 atom stereocenters. The molecule has 0 saturated heterocycles. The monoisotopic (exact) mass is 222 g/mol. The van der Waals surface area contributed by atoms with E-state index in [0.29, 0.717) is 24.3 Å². The van der Waals surface area contributed by atoms with Crippen molar-refractivity contribution in [2.45, 2.75) is 19.8 Å². The maximum atomic E-state index is 10.5. The van der Waals surface area contributed by atoms with Crippen molar-refractivity contribution in [3.05, 3.63) is 29.3 Å². The first kappa shape index (κ1) is 12.2. The minimum absolute atomic E-state index is 0.103. The zero-order valence-corrected chi connectivity index (χ0v) is 9.10. The second-order valence-electron chi connectivity index (χ2n) is 3.49. The van der Waals surface area contributed by atoms with Crippen LogP contribution in [0.5, 0.6) is 5.75 Å². The Morgan fingerprint density at radius 2 is 2.25 bits per heavy atom. The Morgan fingerprint density at radius 3 is 2.81 bits per heavy atom. The number of carboxylic acid groups (broad SMARTS) is 1. The molecule has 86 valence electrons. The lowest BCUT2D eigenvalue weighted by molar-refractivity contribution is -0.137. The van der Waals surface area contributed by atoms with E-state index in [-0.39, 0.29) is 6.42 Å². The number of aldehydes is 1. The van der Waals surface area contributed by atoms with Crippen LogP contribution in [0, 0.1) is 6.92 Å². The summed E-state index contributed by atoms with van der Waals surface area (Å²) < 4.78 is 5.41. The first-order chi connectivity index (χ1) is 7.63. The Hall–Kier alpha value is -1.84. The van der Waals surface area contributed by atoms with E-state index in [4.69, 9.17) is 9.84 Å². The van der Waals surface area contributed by atoms with Crippen molar-refractivity contribution in [3.8, 4) is 5.75 Å². The molecule has 0 aromatic heterocycles. The maximum Gasteiger partial charge on any atom is 0.303 e. The van der Waals surface area contributed by atoms with Crippen molar-refractivity contribution >= 4 is 12.3 Å². The van der Waals surface area contributed by atoms with Crippen molar-refractivity contribution in [2.24, 2.45) is 0 Å². The molecule has 1 aromatic rings. The lowest BCUT2D eigenvalue weighted by Crippen LogP contribution is -2.03. The van der Waals surface area contributed by atoms with Crippen LogP contribution in [0.15, 0.2) is 18.2 Å². The summed E-state index contributed by atoms with van der Waals surface area (Å²) in [6, 6.07) is 5.13. The molecular weight excluding hydrogens is 208 g/mol. The van der Waals surface area contributed by atoms with E-state index < -0.39 is 5.97 Å². The molecule has 0 radical (unpaired) electrons. The first-order valence-corrected chi connectivity index (χ1v) is 5.04. The van der Waals surface area contributed by atoms with E-state index in [9.17, 15) is 9.59 Å². The lowest BCUT2D eigenvalue weighted by Gasteiger charge is -2.08. The average molecular weight is 222 g/mol. The largest absolute Gasteiger partial charge is 0.493 e. The minimum Gasteiger partial charge on any atom is -0.493 e. The SMILES string of the molecule is Cc1cc(C=O)ccc1OCCCC(=O)O. The van der Waals surface area contributed by atoms with Gasteiger partial charge in [0.05, 0.1) is 6.61 Å². The summed E-state index contributed by atoms with van der Waals surface area (Å²) in [6.45, 7) is 2.22. The molecule has 0 aliphatic carbocycles. The Balaban J connectivity index is 2.48. The van der Waals surface area contributed by atoms with Gasteiger partial charge in [-0.3, -0.25) is 9.59 Å². The zero-order valence-electron chi connectivity index (χ0n) is 9.10. The number of aliphatic carboxylic acids is 1. The number of ether oxygens (including phenoxy) is 1. The quantitative estimate of drug-likeness (QED) is 0.591. The highest BCUT2D eigenvalue weighted by atomic mass is 16.5. The molecule has 1 aromatic carbocycles. The lowest BCUT2D eigenvalue weighted by atomic mass is 10.1. The van der Waals surface area contributed by atoms with Crippen LogP contribution in [0.25, 0.3) is 0 Å². The van der Waals surface area contributed by atoms with Crippen LogP contribution in [0.3, 0.4) is 0 Å². The van der Waals surface area contributed by atoms with Crippen molar-refractivity contribution in [1.29, 1.82) is 0 Å². The fourth-order valence-electron chi connectivity index (χ4n) is 1.31. The van der Waals surface area contributed by atoms with Gasteiger partial charge in [-0.1, -0.05) is 0 Å². The number of rotatable bonds is 6. The third kappa shape index (κ3) is 3.73. The van der Waals surface area contributed by atoms with Crippen LogP contribution in [0.4, 0.5) is 0 Å². The normalized spacial score (nSPS) is 9.81. The fourth-order valence-corrected chi connectivity index (χ4v) is 1.31. The molecule has 0 fully saturated rings. The summed E-state index contributed by atoms with van der Waals surface area (Å²) >= 11 is 0. The molecular formula is C12H14O4. The third-order valence-electron chi connectivity index (χ3n) is 2.13. The van der Waals surface area contributed by atoms with E-state index in [0.717, 1.165) is 11.8 Å². The molecule has 0 aliphatic rings. The van der Waals surface area contributed by atoms with Crippen molar-refractivity contribution in [1.82, 2.24) is 0 Å². The van der Waals surface area contributed by atoms with Gasteiger partial charge in [-0.15, -0.1) is 0 Å². The number of carboxylic acids is 1. The first-order valence-electron chi connectivity index (χ1n) is 5.04. The van der Waals surface area contributed by atoms with Crippen LogP contribution < -0.4 is 4.74 Å². The minimum atomic E-state index is -0.823. The molecule has 0 heterocycles. The molecule has 16 heavy (non-hydrogen) atoms. The molecule has 1 rings (SSSR count). The Morgan fingerprint density at radius 1 is 1.50 bits per heavy atom. The molecule has 4 nitrogen and oxygen atoms in total. The number of carbonyl (C=O) groups is 2. The zero-order chi connectivity index (χ0) is 12.0. The number of hydrogen-bond donors (Lipinski definition) is 1. The predicted molar refractivity (Wildman–Crippen MR) is 58.9 cm³/mol. The smallest absolute Gasteiger partial charge is 0.303 e. The number of aryl methyl sites for hydroxylation is 1. The summed E-state index contributed by atoms with van der Waals surface area (Å²) in [5.41, 5.74) is 1.48. The molecule has 0 amide bonds. The van der Waals surface area contributed by atoms with Gasteiger partial charge in [0.2, 0.25) is 0 Å². The third-order valence-corrected chi connectivity index (χ3v) is 2.13. The number of hydrogen-bond acceptors (Lipinski definition) is 3. The van der Waals surface area contributed by atoms with Crippen LogP contribution in [0.2, 0.25) is 0 Å². The summed E-state index contributed by atoms with van der Waals surface area (Å²) in [5, 5.41) is 8.44. The van der Waals surface area contributed by atoms with E-state index >= 15 is 0 Å². The number of carbonyl (C=O) groups excluding carboxylic acids is 1. The summed E-state index contributed by atoms with van der Waals surface area (Å²) in [6.07, 6.45) is 1.36. The molecule has 0 aliphatic heterocycles. The second-order valence-corrected chi connectivity index (χ2v) is 3.49. The number of benzene rings is 1. The molecule has 1 N–H and O–H groups in total. The van der Waals surface area contributed by atoms with Gasteiger partial charge in [-0.2, -0.15) is 0 Å². The fraction of sp³-hybridized carbons (Fsp3) is 0.333. The average Bonchev–Trinajstić information content (AvgIpc) is 2.25. The van der Waals surface area contributed by atoms with Gasteiger partial charge in [-0.05, 0) is 37.1 Å². The van der Waals surface area contributed by atoms with Gasteiger partial charge in [0.25, 0.3) is 0 Å². The van der Waals surface area contributed by atoms with E-state index in [2.05, 4.69) is 0 Å². The van der Waals surface area contributed by atoms with E-state index in [1.165, 1.54) is 0 Å². The second kappa shape index (κ2) is 5.90. The van der Waals surface area contributed by atoms with E-state index in [1.807, 2.05) is 6.92 Å². The van der Waals surface area contributed by atoms with Gasteiger partial charge in [0, 0.05) is 12.0 Å². The molecule has 4 heteroatoms. The highest BCUT2D eigenvalue weighted by Gasteiger charge is 2.02. The summed E-state index contributed by atoms with van der Waals surface area (Å²) in [4.78, 5) is 20.8. The molecule has 0 unspecified atom stereocenters. The molecule has 0 spiro atoms. The van der Waals surface area contributed by atoms with Crippen molar-refractivity contribution in [3.63, 3.8) is 0 Å². The Kier molecular flexibility index (Phi) is 4.51. The summed E-state index contributed by atoms with van der Waals surface area (Å²) in [5.74, 6) is -0.132. The van der Waals surface area contributed by atoms with Crippen molar-refractivity contribution in [2.75, 3.05) is 6.61 Å². The van der Waals surface area contributed by atoms with Crippen LogP contribution in [0.1, 0.15) is 28.8 Å². The van der Waals surface area contributed by atoms with Crippen LogP contribution in [-0.4, -0.2) is 24.0 Å². The topological polar surface area (TPSA) is 63.6 Å². The van der Waals surface area contributed by atoms with Crippen molar-refractivity contribution < 1.29 is 19.4 Å².